The summed E-state index contributed by atoms with van der Waals surface area (Å²) in [7, 11) is 0. The van der Waals surface area contributed by atoms with E-state index in [1.54, 1.807) is 0 Å². The molecule has 0 saturated carbocycles. The molecule has 2 aromatic carbocycles. The molecule has 0 radical (unpaired) electrons. The van der Waals surface area contributed by atoms with Gasteiger partial charge in [0, 0.05) is 17.1 Å². The highest BCUT2D eigenvalue weighted by atomic mass is 15.0. The number of nitrogens with zero attached hydrogens (tertiary/aromatic N) is 1. The third-order valence-corrected chi connectivity index (χ3v) is 4.05. The number of benzene rings is 2. The molecule has 0 fully saturated rings. The van der Waals surface area contributed by atoms with Gasteiger partial charge in [0.2, 0.25) is 0 Å². The Hall–Kier alpha value is -3.01. The molecule has 4 heteroatoms. The van der Waals surface area contributed by atoms with E-state index in [0.717, 1.165) is 28.3 Å². The highest BCUT2D eigenvalue weighted by molar-refractivity contribution is 5.92. The summed E-state index contributed by atoms with van der Waals surface area (Å²) < 4.78 is 0. The monoisotopic (exact) mass is 302 g/mol. The van der Waals surface area contributed by atoms with Gasteiger partial charge in [-0.3, -0.25) is 0 Å². The number of rotatable bonds is 4. The molecular formula is C19H18N4. The number of fused-ring (bicyclic) bond motifs is 1. The third kappa shape index (κ3) is 2.59. The number of anilines is 1. The fourth-order valence-electron chi connectivity index (χ4n) is 2.81. The maximum atomic E-state index is 4.52. The van der Waals surface area contributed by atoms with Crippen LogP contribution in [0.15, 0.2) is 67.0 Å². The van der Waals surface area contributed by atoms with Crippen LogP contribution in [0, 0.1) is 0 Å². The van der Waals surface area contributed by atoms with Crippen LogP contribution < -0.4 is 5.32 Å². The van der Waals surface area contributed by atoms with Crippen molar-refractivity contribution in [3.8, 4) is 11.3 Å². The van der Waals surface area contributed by atoms with Crippen LogP contribution in [0.5, 0.6) is 0 Å². The molecule has 0 aliphatic heterocycles. The van der Waals surface area contributed by atoms with E-state index in [0.29, 0.717) is 0 Å². The molecule has 1 atom stereocenters. The minimum Gasteiger partial charge on any atom is -0.374 e. The Labute approximate surface area is 134 Å². The van der Waals surface area contributed by atoms with Crippen molar-refractivity contribution in [2.45, 2.75) is 13.0 Å². The maximum Gasteiger partial charge on any atom is 0.128 e. The zero-order valence-corrected chi connectivity index (χ0v) is 12.9. The number of para-hydroxylation sites is 1. The van der Waals surface area contributed by atoms with Crippen LogP contribution >= 0.6 is 0 Å². The van der Waals surface area contributed by atoms with Crippen molar-refractivity contribution >= 4 is 16.6 Å². The lowest BCUT2D eigenvalue weighted by molar-refractivity contribution is 0.812. The molecule has 23 heavy (non-hydrogen) atoms. The van der Waals surface area contributed by atoms with Gasteiger partial charge in [-0.2, -0.15) is 0 Å². The molecule has 0 bridgehead atoms. The van der Waals surface area contributed by atoms with E-state index >= 15 is 0 Å². The molecule has 0 aliphatic carbocycles. The minimum atomic E-state index is 0.0895. The minimum absolute atomic E-state index is 0.0895. The standard InChI is InChI=1S/C19H18N4/c1-13(22-18-12-20-16-10-6-5-9-15(16)18)19-21-11-17(23-19)14-7-3-2-4-8-14/h2-13,20,22H,1H3,(H,21,23). The van der Waals surface area contributed by atoms with E-state index in [4.69, 9.17) is 0 Å². The lowest BCUT2D eigenvalue weighted by atomic mass is 10.2. The topological polar surface area (TPSA) is 56.5 Å². The number of hydrogen-bond acceptors (Lipinski definition) is 2. The van der Waals surface area contributed by atoms with Gasteiger partial charge in [-0.25, -0.2) is 4.98 Å². The quantitative estimate of drug-likeness (QED) is 0.510. The molecule has 0 aliphatic rings. The molecule has 0 saturated heterocycles. The summed E-state index contributed by atoms with van der Waals surface area (Å²) in [5.41, 5.74) is 4.40. The fourth-order valence-corrected chi connectivity index (χ4v) is 2.81. The number of imidazole rings is 1. The molecule has 1 unspecified atom stereocenters. The number of nitrogens with one attached hydrogen (secondary N) is 3. The van der Waals surface area contributed by atoms with Crippen molar-refractivity contribution < 1.29 is 0 Å². The van der Waals surface area contributed by atoms with E-state index in [2.05, 4.69) is 51.5 Å². The summed E-state index contributed by atoms with van der Waals surface area (Å²) in [4.78, 5) is 11.2. The van der Waals surface area contributed by atoms with Crippen molar-refractivity contribution in [1.82, 2.24) is 15.0 Å². The van der Waals surface area contributed by atoms with Gasteiger partial charge in [-0.05, 0) is 18.6 Å². The van der Waals surface area contributed by atoms with Crippen molar-refractivity contribution in [3.63, 3.8) is 0 Å². The van der Waals surface area contributed by atoms with Crippen LogP contribution in [0.2, 0.25) is 0 Å². The fraction of sp³-hybridized carbons (Fsp3) is 0.105. The first-order valence-electron chi connectivity index (χ1n) is 7.74. The Morgan fingerprint density at radius 2 is 1.78 bits per heavy atom. The molecule has 2 heterocycles. The number of aromatic amines is 2. The number of H-pyrrole nitrogens is 2. The largest absolute Gasteiger partial charge is 0.374 e. The van der Waals surface area contributed by atoms with Crippen LogP contribution in [-0.2, 0) is 0 Å². The van der Waals surface area contributed by atoms with Crippen LogP contribution in [-0.4, -0.2) is 15.0 Å². The van der Waals surface area contributed by atoms with Gasteiger partial charge in [0.15, 0.2) is 0 Å². The van der Waals surface area contributed by atoms with E-state index in [1.165, 1.54) is 5.39 Å². The first kappa shape index (κ1) is 13.6. The molecule has 4 rings (SSSR count). The number of hydrogen-bond donors (Lipinski definition) is 3. The van der Waals surface area contributed by atoms with Crippen molar-refractivity contribution in [1.29, 1.82) is 0 Å². The normalized spacial score (nSPS) is 12.4. The smallest absolute Gasteiger partial charge is 0.128 e. The Kier molecular flexibility index (Phi) is 3.35. The van der Waals surface area contributed by atoms with E-state index in [9.17, 15) is 0 Å². The third-order valence-electron chi connectivity index (χ3n) is 4.05. The summed E-state index contributed by atoms with van der Waals surface area (Å²) in [5.74, 6) is 0.925. The van der Waals surface area contributed by atoms with E-state index < -0.39 is 0 Å². The molecule has 114 valence electrons. The molecule has 3 N–H and O–H groups in total. The van der Waals surface area contributed by atoms with Crippen LogP contribution in [0.25, 0.3) is 22.2 Å². The molecule has 0 amide bonds. The Bertz CT molecular complexity index is 921. The molecular weight excluding hydrogens is 284 g/mol. The van der Waals surface area contributed by atoms with Gasteiger partial charge >= 0.3 is 0 Å². The predicted molar refractivity (Wildman–Crippen MR) is 94.4 cm³/mol. The summed E-state index contributed by atoms with van der Waals surface area (Å²) >= 11 is 0. The highest BCUT2D eigenvalue weighted by Gasteiger charge is 2.12. The average molecular weight is 302 g/mol. The SMILES string of the molecule is CC(Nc1c[nH]c2ccccc12)c1ncc(-c2ccccc2)[nH]1. The van der Waals surface area contributed by atoms with Gasteiger partial charge < -0.3 is 15.3 Å². The summed E-state index contributed by atoms with van der Waals surface area (Å²) in [6.45, 7) is 2.11. The second-order valence-corrected chi connectivity index (χ2v) is 5.66. The van der Waals surface area contributed by atoms with Crippen LogP contribution in [0.4, 0.5) is 5.69 Å². The Balaban J connectivity index is 1.58. The van der Waals surface area contributed by atoms with Gasteiger partial charge in [0.25, 0.3) is 0 Å². The van der Waals surface area contributed by atoms with Crippen molar-refractivity contribution in [2.24, 2.45) is 0 Å². The van der Waals surface area contributed by atoms with Gasteiger partial charge in [-0.15, -0.1) is 0 Å². The first-order chi connectivity index (χ1) is 11.3. The van der Waals surface area contributed by atoms with Gasteiger partial charge in [-0.1, -0.05) is 48.5 Å². The molecule has 2 aromatic heterocycles. The van der Waals surface area contributed by atoms with Gasteiger partial charge in [0.05, 0.1) is 23.6 Å². The van der Waals surface area contributed by atoms with Gasteiger partial charge in [0.1, 0.15) is 5.82 Å². The lowest BCUT2D eigenvalue weighted by Crippen LogP contribution is -2.07. The first-order valence-corrected chi connectivity index (χ1v) is 7.74. The summed E-state index contributed by atoms with van der Waals surface area (Å²) in [6.07, 6.45) is 3.89. The Morgan fingerprint density at radius 3 is 2.65 bits per heavy atom. The van der Waals surface area contributed by atoms with E-state index in [1.807, 2.05) is 42.7 Å². The van der Waals surface area contributed by atoms with Crippen LogP contribution in [0.3, 0.4) is 0 Å². The second kappa shape index (κ2) is 5.65. The van der Waals surface area contributed by atoms with Crippen molar-refractivity contribution in [2.75, 3.05) is 5.32 Å². The second-order valence-electron chi connectivity index (χ2n) is 5.66. The molecule has 4 aromatic rings. The lowest BCUT2D eigenvalue weighted by Gasteiger charge is -2.12. The van der Waals surface area contributed by atoms with Crippen molar-refractivity contribution in [3.05, 3.63) is 72.8 Å². The van der Waals surface area contributed by atoms with Crippen LogP contribution in [0.1, 0.15) is 18.8 Å². The maximum absolute atomic E-state index is 4.52. The highest BCUT2D eigenvalue weighted by Crippen LogP contribution is 2.27. The molecule has 4 nitrogen and oxygen atoms in total. The summed E-state index contributed by atoms with van der Waals surface area (Å²) in [5, 5.41) is 4.71. The number of aromatic nitrogens is 3. The summed E-state index contributed by atoms with van der Waals surface area (Å²) in [6, 6.07) is 18.6. The average Bonchev–Trinajstić information content (AvgIpc) is 3.24. The zero-order chi connectivity index (χ0) is 15.6. The van der Waals surface area contributed by atoms with E-state index in [-0.39, 0.29) is 6.04 Å². The molecule has 0 spiro atoms. The predicted octanol–water partition coefficient (Wildman–Crippen LogP) is 4.73. The Morgan fingerprint density at radius 1 is 1.00 bits per heavy atom. The zero-order valence-electron chi connectivity index (χ0n) is 12.9.